The van der Waals surface area contributed by atoms with Gasteiger partial charge in [-0.1, -0.05) is 23.4 Å². The number of hydrogen-bond acceptors (Lipinski definition) is 3. The van der Waals surface area contributed by atoms with Crippen LogP contribution in [0.5, 0.6) is 0 Å². The highest BCUT2D eigenvalue weighted by Crippen LogP contribution is 2.22. The Morgan fingerprint density at radius 2 is 2.04 bits per heavy atom. The summed E-state index contributed by atoms with van der Waals surface area (Å²) in [5.74, 6) is -2.24. The molecule has 3 aromatic rings. The topological polar surface area (TPSA) is 57.8 Å². The molecular weight excluding hydrogens is 344 g/mol. The Hall–Kier alpha value is -2.12. The number of aromatic amines is 1. The molecule has 4 nitrogen and oxygen atoms in total. The maximum absolute atomic E-state index is 13.1. The van der Waals surface area contributed by atoms with Crippen LogP contribution >= 0.6 is 23.4 Å². The summed E-state index contributed by atoms with van der Waals surface area (Å²) < 4.78 is 25.9. The number of hydrogen-bond donors (Lipinski definition) is 2. The van der Waals surface area contributed by atoms with Crippen molar-refractivity contribution in [2.24, 2.45) is 0 Å². The van der Waals surface area contributed by atoms with Crippen LogP contribution < -0.4 is 5.32 Å². The number of imidazole rings is 1. The fourth-order valence-corrected chi connectivity index (χ4v) is 2.79. The molecule has 1 aromatic heterocycles. The van der Waals surface area contributed by atoms with Gasteiger partial charge in [-0.15, -0.1) is 0 Å². The van der Waals surface area contributed by atoms with E-state index >= 15 is 0 Å². The van der Waals surface area contributed by atoms with Gasteiger partial charge in [0.1, 0.15) is 0 Å². The number of carbonyl (C=O) groups is 1. The monoisotopic (exact) mass is 353 g/mol. The number of fused-ring (bicyclic) bond motifs is 1. The first-order chi connectivity index (χ1) is 11.0. The fourth-order valence-electron chi connectivity index (χ4n) is 1.93. The molecule has 0 aliphatic heterocycles. The Bertz CT molecular complexity index is 884. The number of nitrogens with zero attached hydrogens (tertiary/aromatic N) is 1. The number of H-pyrrole nitrogens is 1. The first-order valence-corrected chi connectivity index (χ1v) is 7.90. The van der Waals surface area contributed by atoms with Crippen molar-refractivity contribution >= 4 is 46.0 Å². The predicted octanol–water partition coefficient (Wildman–Crippen LogP) is 4.23. The summed E-state index contributed by atoms with van der Waals surface area (Å²) in [5.41, 5.74) is 1.73. The standard InChI is InChI=1S/C15H10ClF2N3OS/c16-8-1-4-12-13(5-8)21-15(20-12)23-7-14(22)19-9-2-3-10(17)11(18)6-9/h1-6H,7H2,(H,19,22)(H,20,21). The van der Waals surface area contributed by atoms with Gasteiger partial charge in [0.15, 0.2) is 16.8 Å². The Kier molecular flexibility index (Phi) is 4.49. The van der Waals surface area contributed by atoms with E-state index in [0.29, 0.717) is 10.2 Å². The van der Waals surface area contributed by atoms with Gasteiger partial charge in [-0.2, -0.15) is 0 Å². The average Bonchev–Trinajstić information content (AvgIpc) is 2.91. The summed E-state index contributed by atoms with van der Waals surface area (Å²) in [6, 6.07) is 8.44. The van der Waals surface area contributed by atoms with Crippen LogP contribution in [0, 0.1) is 11.6 Å². The lowest BCUT2D eigenvalue weighted by Gasteiger charge is -2.04. The zero-order valence-corrected chi connectivity index (χ0v) is 13.1. The van der Waals surface area contributed by atoms with Crippen LogP contribution in [0.1, 0.15) is 0 Å². The smallest absolute Gasteiger partial charge is 0.234 e. The zero-order chi connectivity index (χ0) is 16.4. The van der Waals surface area contributed by atoms with Crippen molar-refractivity contribution in [1.82, 2.24) is 9.97 Å². The normalized spacial score (nSPS) is 10.9. The molecule has 1 heterocycles. The molecule has 118 valence electrons. The second-order valence-corrected chi connectivity index (χ2v) is 6.07. The molecule has 0 bridgehead atoms. The minimum Gasteiger partial charge on any atom is -0.333 e. The molecule has 0 saturated carbocycles. The van der Waals surface area contributed by atoms with E-state index in [1.54, 1.807) is 18.2 Å². The highest BCUT2D eigenvalue weighted by Gasteiger charge is 2.09. The van der Waals surface area contributed by atoms with Crippen LogP contribution in [0.3, 0.4) is 0 Å². The average molecular weight is 354 g/mol. The highest BCUT2D eigenvalue weighted by atomic mass is 35.5. The molecule has 0 radical (unpaired) electrons. The fraction of sp³-hybridized carbons (Fsp3) is 0.0667. The quantitative estimate of drug-likeness (QED) is 0.690. The summed E-state index contributed by atoms with van der Waals surface area (Å²) in [6.07, 6.45) is 0. The van der Waals surface area contributed by atoms with Crippen LogP contribution in [0.15, 0.2) is 41.6 Å². The molecule has 0 unspecified atom stereocenters. The minimum absolute atomic E-state index is 0.0759. The zero-order valence-electron chi connectivity index (χ0n) is 11.6. The number of halogens is 3. The number of thioether (sulfide) groups is 1. The number of benzene rings is 2. The third-order valence-electron chi connectivity index (χ3n) is 2.97. The van der Waals surface area contributed by atoms with E-state index in [1.807, 2.05) is 0 Å². The van der Waals surface area contributed by atoms with Crippen molar-refractivity contribution < 1.29 is 13.6 Å². The van der Waals surface area contributed by atoms with Gasteiger partial charge < -0.3 is 10.3 Å². The molecule has 2 aromatic carbocycles. The molecule has 1 amide bonds. The summed E-state index contributed by atoms with van der Waals surface area (Å²) >= 11 is 7.09. The summed E-state index contributed by atoms with van der Waals surface area (Å²) in [6.45, 7) is 0. The Balaban J connectivity index is 1.62. The number of anilines is 1. The van der Waals surface area contributed by atoms with Crippen LogP contribution in [-0.4, -0.2) is 21.6 Å². The van der Waals surface area contributed by atoms with Crippen molar-refractivity contribution in [2.45, 2.75) is 5.16 Å². The Morgan fingerprint density at radius 1 is 1.22 bits per heavy atom. The lowest BCUT2D eigenvalue weighted by molar-refractivity contribution is -0.113. The van der Waals surface area contributed by atoms with E-state index in [9.17, 15) is 13.6 Å². The van der Waals surface area contributed by atoms with Gasteiger partial charge in [0.2, 0.25) is 5.91 Å². The van der Waals surface area contributed by atoms with Gasteiger partial charge >= 0.3 is 0 Å². The first-order valence-electron chi connectivity index (χ1n) is 6.54. The largest absolute Gasteiger partial charge is 0.333 e. The SMILES string of the molecule is O=C(CSc1nc2ccc(Cl)cc2[nH]1)Nc1ccc(F)c(F)c1. The number of rotatable bonds is 4. The van der Waals surface area contributed by atoms with E-state index in [1.165, 1.54) is 17.8 Å². The van der Waals surface area contributed by atoms with Crippen LogP contribution in [0.25, 0.3) is 11.0 Å². The van der Waals surface area contributed by atoms with Gasteiger partial charge in [-0.25, -0.2) is 13.8 Å². The van der Waals surface area contributed by atoms with Gasteiger partial charge in [-0.05, 0) is 30.3 Å². The van der Waals surface area contributed by atoms with Crippen molar-refractivity contribution in [3.05, 3.63) is 53.1 Å². The molecule has 0 spiro atoms. The second kappa shape index (κ2) is 6.55. The third kappa shape index (κ3) is 3.80. The van der Waals surface area contributed by atoms with E-state index < -0.39 is 11.6 Å². The molecule has 23 heavy (non-hydrogen) atoms. The molecule has 0 aliphatic carbocycles. The predicted molar refractivity (Wildman–Crippen MR) is 86.8 cm³/mol. The molecule has 0 aliphatic rings. The molecule has 8 heteroatoms. The molecular formula is C15H10ClF2N3OS. The van der Waals surface area contributed by atoms with Crippen LogP contribution in [0.2, 0.25) is 5.02 Å². The number of aromatic nitrogens is 2. The number of nitrogens with one attached hydrogen (secondary N) is 2. The van der Waals surface area contributed by atoms with E-state index in [4.69, 9.17) is 11.6 Å². The summed E-state index contributed by atoms with van der Waals surface area (Å²) in [7, 11) is 0. The highest BCUT2D eigenvalue weighted by molar-refractivity contribution is 7.99. The third-order valence-corrected chi connectivity index (χ3v) is 4.07. The Morgan fingerprint density at radius 3 is 2.83 bits per heavy atom. The number of carbonyl (C=O) groups excluding carboxylic acids is 1. The summed E-state index contributed by atoms with van der Waals surface area (Å²) in [5, 5.41) is 3.66. The molecule has 0 atom stereocenters. The van der Waals surface area contributed by atoms with Crippen LogP contribution in [-0.2, 0) is 4.79 Å². The Labute approximate surface area is 139 Å². The molecule has 0 fully saturated rings. The lowest BCUT2D eigenvalue weighted by Crippen LogP contribution is -2.14. The van der Waals surface area contributed by atoms with Gasteiger partial charge in [0.05, 0.1) is 16.8 Å². The molecule has 0 saturated heterocycles. The molecule has 2 N–H and O–H groups in total. The maximum atomic E-state index is 13.1. The van der Waals surface area contributed by atoms with Crippen LogP contribution in [0.4, 0.5) is 14.5 Å². The van der Waals surface area contributed by atoms with Gasteiger partial charge in [0.25, 0.3) is 0 Å². The van der Waals surface area contributed by atoms with E-state index in [0.717, 1.165) is 23.2 Å². The second-order valence-electron chi connectivity index (χ2n) is 4.67. The van der Waals surface area contributed by atoms with Crippen molar-refractivity contribution in [3.8, 4) is 0 Å². The minimum atomic E-state index is -1.01. The van der Waals surface area contributed by atoms with Crippen molar-refractivity contribution in [2.75, 3.05) is 11.1 Å². The van der Waals surface area contributed by atoms with E-state index in [2.05, 4.69) is 15.3 Å². The van der Waals surface area contributed by atoms with Crippen molar-refractivity contribution in [3.63, 3.8) is 0 Å². The van der Waals surface area contributed by atoms with Gasteiger partial charge in [-0.3, -0.25) is 4.79 Å². The lowest BCUT2D eigenvalue weighted by atomic mass is 10.3. The summed E-state index contributed by atoms with van der Waals surface area (Å²) in [4.78, 5) is 19.2. The van der Waals surface area contributed by atoms with E-state index in [-0.39, 0.29) is 17.3 Å². The molecule has 3 rings (SSSR count). The number of amides is 1. The first kappa shape index (κ1) is 15.8. The maximum Gasteiger partial charge on any atom is 0.234 e. The van der Waals surface area contributed by atoms with Crippen molar-refractivity contribution in [1.29, 1.82) is 0 Å². The van der Waals surface area contributed by atoms with Gasteiger partial charge in [0, 0.05) is 16.8 Å².